The fourth-order valence-electron chi connectivity index (χ4n) is 1.19. The maximum Gasteiger partial charge on any atom is 2.00 e. The molecule has 0 fully saturated rings. The molecule has 76 valence electrons. The van der Waals surface area contributed by atoms with E-state index in [1.165, 1.54) is 24.3 Å². The number of hydrogen-bond donors (Lipinski definition) is 0. The SMILES string of the molecule is [Be+2].[O-]c1ccccc1Oc1ccccc1[O-]. The molecule has 2 aromatic rings. The smallest absolute Gasteiger partial charge is 0.870 e. The van der Waals surface area contributed by atoms with Gasteiger partial charge >= 0.3 is 10.1 Å². The van der Waals surface area contributed by atoms with Gasteiger partial charge in [-0.3, -0.25) is 0 Å². The van der Waals surface area contributed by atoms with Crippen LogP contribution in [0.1, 0.15) is 0 Å². The Morgan fingerprint density at radius 1 is 0.688 bits per heavy atom. The average Bonchev–Trinajstić information content (AvgIpc) is 2.24. The van der Waals surface area contributed by atoms with Crippen LogP contribution in [-0.4, -0.2) is 10.1 Å². The van der Waals surface area contributed by atoms with Gasteiger partial charge in [0.15, 0.2) is 0 Å². The molecule has 3 nitrogen and oxygen atoms in total. The van der Waals surface area contributed by atoms with E-state index in [0.29, 0.717) is 0 Å². The van der Waals surface area contributed by atoms with E-state index in [-0.39, 0.29) is 33.1 Å². The van der Waals surface area contributed by atoms with Gasteiger partial charge in [-0.25, -0.2) is 0 Å². The summed E-state index contributed by atoms with van der Waals surface area (Å²) in [6, 6.07) is 12.5. The van der Waals surface area contributed by atoms with Gasteiger partial charge in [0.2, 0.25) is 0 Å². The van der Waals surface area contributed by atoms with Crippen molar-refractivity contribution in [2.75, 3.05) is 0 Å². The molecular formula is C12H8BeO3. The Morgan fingerprint density at radius 2 is 1.06 bits per heavy atom. The van der Waals surface area contributed by atoms with Crippen LogP contribution in [0.5, 0.6) is 23.0 Å². The summed E-state index contributed by atoms with van der Waals surface area (Å²) in [6.07, 6.45) is 0. The van der Waals surface area contributed by atoms with E-state index >= 15 is 0 Å². The van der Waals surface area contributed by atoms with Gasteiger partial charge in [0.25, 0.3) is 0 Å². The summed E-state index contributed by atoms with van der Waals surface area (Å²) in [5, 5.41) is 22.6. The first-order chi connectivity index (χ1) is 7.27. The molecule has 0 heterocycles. The Bertz CT molecular complexity index is 428. The average molecular weight is 209 g/mol. The van der Waals surface area contributed by atoms with Crippen LogP contribution in [0.25, 0.3) is 0 Å². The first-order valence-corrected chi connectivity index (χ1v) is 4.47. The first-order valence-electron chi connectivity index (χ1n) is 4.47. The van der Waals surface area contributed by atoms with Crippen LogP contribution in [-0.2, 0) is 0 Å². The molecule has 0 aliphatic carbocycles. The first kappa shape index (κ1) is 12.1. The van der Waals surface area contributed by atoms with Crippen molar-refractivity contribution in [2.24, 2.45) is 0 Å². The molecule has 0 radical (unpaired) electrons. The Balaban J connectivity index is 0.00000128. The molecule has 0 aliphatic heterocycles. The molecule has 0 unspecified atom stereocenters. The van der Waals surface area contributed by atoms with Crippen molar-refractivity contribution in [3.8, 4) is 23.0 Å². The zero-order valence-electron chi connectivity index (χ0n) is 8.55. The second-order valence-electron chi connectivity index (χ2n) is 3.00. The van der Waals surface area contributed by atoms with Crippen LogP contribution < -0.4 is 14.9 Å². The Kier molecular flexibility index (Phi) is 3.92. The van der Waals surface area contributed by atoms with E-state index in [1.54, 1.807) is 24.3 Å². The van der Waals surface area contributed by atoms with Crippen molar-refractivity contribution in [1.82, 2.24) is 0 Å². The molecule has 0 amide bonds. The fraction of sp³-hybridized carbons (Fsp3) is 0. The van der Waals surface area contributed by atoms with Gasteiger partial charge in [0.1, 0.15) is 11.5 Å². The molecule has 0 saturated carbocycles. The zero-order valence-corrected chi connectivity index (χ0v) is 8.55. The summed E-state index contributed by atoms with van der Waals surface area (Å²) in [7, 11) is 0. The van der Waals surface area contributed by atoms with Crippen molar-refractivity contribution >= 4 is 10.1 Å². The second kappa shape index (κ2) is 5.19. The molecule has 2 rings (SSSR count). The predicted octanol–water partition coefficient (Wildman–Crippen LogP) is 1.25. The molecule has 2 aromatic carbocycles. The van der Waals surface area contributed by atoms with E-state index in [1.807, 2.05) is 0 Å². The summed E-state index contributed by atoms with van der Waals surface area (Å²) >= 11 is 0. The van der Waals surface area contributed by atoms with Crippen LogP contribution >= 0.6 is 0 Å². The van der Waals surface area contributed by atoms with Crippen molar-refractivity contribution in [2.45, 2.75) is 0 Å². The molecule has 0 atom stereocenters. The van der Waals surface area contributed by atoms with Gasteiger partial charge in [-0.05, 0) is 12.1 Å². The molecule has 0 bridgehead atoms. The summed E-state index contributed by atoms with van der Waals surface area (Å²) < 4.78 is 5.21. The number of ether oxygens (including phenoxy) is 1. The predicted molar refractivity (Wildman–Crippen MR) is 57.6 cm³/mol. The number of para-hydroxylation sites is 4. The fourth-order valence-corrected chi connectivity index (χ4v) is 1.19. The van der Waals surface area contributed by atoms with Gasteiger partial charge in [-0.1, -0.05) is 47.9 Å². The second-order valence-corrected chi connectivity index (χ2v) is 3.00. The van der Waals surface area contributed by atoms with E-state index in [9.17, 15) is 10.2 Å². The summed E-state index contributed by atoms with van der Waals surface area (Å²) in [5.41, 5.74) is 0. The topological polar surface area (TPSA) is 55.3 Å². The molecule has 0 spiro atoms. The molecule has 4 heteroatoms. The Hall–Kier alpha value is -1.99. The number of benzene rings is 2. The molecule has 0 aliphatic rings. The Labute approximate surface area is 97.2 Å². The quantitative estimate of drug-likeness (QED) is 0.699. The van der Waals surface area contributed by atoms with Crippen LogP contribution in [0.2, 0.25) is 0 Å². The van der Waals surface area contributed by atoms with Crippen LogP contribution in [0.3, 0.4) is 0 Å². The van der Waals surface area contributed by atoms with E-state index in [0.717, 1.165) is 0 Å². The monoisotopic (exact) mass is 209 g/mol. The summed E-state index contributed by atoms with van der Waals surface area (Å²) in [4.78, 5) is 0. The van der Waals surface area contributed by atoms with Gasteiger partial charge in [0, 0.05) is 0 Å². The maximum absolute atomic E-state index is 11.3. The third kappa shape index (κ3) is 2.52. The van der Waals surface area contributed by atoms with E-state index < -0.39 is 0 Å². The minimum Gasteiger partial charge on any atom is -0.870 e. The molecule has 0 aromatic heterocycles. The normalized spacial score (nSPS) is 9.25. The summed E-state index contributed by atoms with van der Waals surface area (Å²) in [6.45, 7) is 0. The zero-order chi connectivity index (χ0) is 10.7. The van der Waals surface area contributed by atoms with Crippen molar-refractivity contribution < 1.29 is 14.9 Å². The standard InChI is InChI=1S/C12H10O3.Be/c13-9-5-1-3-7-11(9)15-12-8-4-2-6-10(12)14;/h1-8,13-14H;/q;+2/p-2. The van der Waals surface area contributed by atoms with E-state index in [2.05, 4.69) is 0 Å². The molecular weight excluding hydrogens is 201 g/mol. The van der Waals surface area contributed by atoms with Crippen molar-refractivity contribution in [3.63, 3.8) is 0 Å². The maximum atomic E-state index is 11.3. The van der Waals surface area contributed by atoms with Crippen LogP contribution in [0, 0.1) is 0 Å². The third-order valence-corrected chi connectivity index (χ3v) is 1.92. The van der Waals surface area contributed by atoms with E-state index in [4.69, 9.17) is 4.74 Å². The minimum atomic E-state index is -0.235. The molecule has 0 N–H and O–H groups in total. The summed E-state index contributed by atoms with van der Waals surface area (Å²) in [5.74, 6) is -0.136. The van der Waals surface area contributed by atoms with Crippen LogP contribution in [0.15, 0.2) is 48.5 Å². The van der Waals surface area contributed by atoms with Gasteiger partial charge < -0.3 is 14.9 Å². The Morgan fingerprint density at radius 3 is 1.44 bits per heavy atom. The third-order valence-electron chi connectivity index (χ3n) is 1.92. The molecule has 16 heavy (non-hydrogen) atoms. The van der Waals surface area contributed by atoms with Crippen molar-refractivity contribution in [1.29, 1.82) is 0 Å². The van der Waals surface area contributed by atoms with Crippen LogP contribution in [0.4, 0.5) is 0 Å². The van der Waals surface area contributed by atoms with Gasteiger partial charge in [-0.15, -0.1) is 0 Å². The number of hydrogen-bond acceptors (Lipinski definition) is 3. The van der Waals surface area contributed by atoms with Crippen molar-refractivity contribution in [3.05, 3.63) is 48.5 Å². The number of rotatable bonds is 2. The minimum absolute atomic E-state index is 0. The largest absolute Gasteiger partial charge is 2.00 e. The van der Waals surface area contributed by atoms with Gasteiger partial charge in [-0.2, -0.15) is 0 Å². The van der Waals surface area contributed by atoms with Gasteiger partial charge in [0.05, 0.1) is 0 Å². The molecule has 0 saturated heterocycles.